The van der Waals surface area contributed by atoms with Crippen molar-refractivity contribution >= 4 is 11.4 Å². The van der Waals surface area contributed by atoms with Gasteiger partial charge in [-0.25, -0.2) is 0 Å². The largest absolute Gasteiger partial charge is 0.389 e. The summed E-state index contributed by atoms with van der Waals surface area (Å²) in [6.07, 6.45) is 13.5. The molecule has 35 heavy (non-hydrogen) atoms. The quantitative estimate of drug-likeness (QED) is 0.506. The van der Waals surface area contributed by atoms with Gasteiger partial charge in [-0.05, 0) is 92.1 Å². The first-order chi connectivity index (χ1) is 17.0. The summed E-state index contributed by atoms with van der Waals surface area (Å²) in [5, 5.41) is 11.7. The number of fused-ring (bicyclic) bond motifs is 5. The predicted octanol–water partition coefficient (Wildman–Crippen LogP) is 6.75. The van der Waals surface area contributed by atoms with E-state index in [4.69, 9.17) is 0 Å². The molecule has 1 aromatic carbocycles. The Morgan fingerprint density at radius 2 is 1.91 bits per heavy atom. The first-order valence-electron chi connectivity index (χ1n) is 13.5. The number of aromatic nitrogens is 1. The van der Waals surface area contributed by atoms with Crippen molar-refractivity contribution in [3.8, 4) is 0 Å². The Morgan fingerprint density at radius 3 is 2.66 bits per heavy atom. The van der Waals surface area contributed by atoms with E-state index >= 15 is 0 Å². The number of carbonyl (C=O) groups is 1. The van der Waals surface area contributed by atoms with E-state index in [1.807, 2.05) is 24.4 Å². The van der Waals surface area contributed by atoms with E-state index < -0.39 is 5.60 Å². The van der Waals surface area contributed by atoms with Gasteiger partial charge in [-0.15, -0.1) is 6.58 Å². The molecule has 0 saturated heterocycles. The van der Waals surface area contributed by atoms with Crippen LogP contribution in [0.15, 0.2) is 73.1 Å². The highest BCUT2D eigenvalue weighted by Gasteiger charge is 2.62. The molecule has 4 aliphatic carbocycles. The van der Waals surface area contributed by atoms with Gasteiger partial charge in [0.2, 0.25) is 0 Å². The standard InChI is InChI=1S/C32H37NO2/c1-3-15-32(35)17-14-28-24-11-12-25-27(23(24)13-16-31(28,32)2)19-26(21-8-5-4-6-9-21)30(34)29(25)22-10-7-18-33-20-22/h3-10,18,20,23-24,26-28,35H,1,11-17,19H2,2H3/t23-,24+,26?,27+,28-,31-,32-/m0/s1. The summed E-state index contributed by atoms with van der Waals surface area (Å²) in [7, 11) is 0. The Labute approximate surface area is 209 Å². The van der Waals surface area contributed by atoms with Gasteiger partial charge < -0.3 is 5.11 Å². The van der Waals surface area contributed by atoms with Gasteiger partial charge in [0.1, 0.15) is 0 Å². The highest BCUT2D eigenvalue weighted by Crippen LogP contribution is 2.66. The molecule has 7 atom stereocenters. The van der Waals surface area contributed by atoms with Gasteiger partial charge >= 0.3 is 0 Å². The zero-order valence-corrected chi connectivity index (χ0v) is 20.8. The number of ketones is 1. The van der Waals surface area contributed by atoms with Gasteiger partial charge in [-0.3, -0.25) is 9.78 Å². The number of pyridine rings is 1. The Kier molecular flexibility index (Phi) is 5.60. The second-order valence-electron chi connectivity index (χ2n) is 11.8. The zero-order valence-electron chi connectivity index (χ0n) is 20.8. The summed E-state index contributed by atoms with van der Waals surface area (Å²) in [6.45, 7) is 6.31. The van der Waals surface area contributed by atoms with Crippen molar-refractivity contribution in [2.75, 3.05) is 0 Å². The Hall–Kier alpha value is -2.52. The molecule has 4 aliphatic rings. The molecule has 182 valence electrons. The van der Waals surface area contributed by atoms with Crippen LogP contribution in [0.3, 0.4) is 0 Å². The summed E-state index contributed by atoms with van der Waals surface area (Å²) in [6, 6.07) is 14.4. The lowest BCUT2D eigenvalue weighted by Gasteiger charge is -2.56. The van der Waals surface area contributed by atoms with E-state index in [2.05, 4.69) is 48.8 Å². The first-order valence-corrected chi connectivity index (χ1v) is 13.5. The van der Waals surface area contributed by atoms with E-state index in [1.54, 1.807) is 6.20 Å². The minimum absolute atomic E-state index is 0.0287. The van der Waals surface area contributed by atoms with Crippen LogP contribution in [-0.2, 0) is 4.79 Å². The molecule has 3 nitrogen and oxygen atoms in total. The topological polar surface area (TPSA) is 50.2 Å². The third kappa shape index (κ3) is 3.42. The number of rotatable bonds is 4. The van der Waals surface area contributed by atoms with Crippen molar-refractivity contribution in [3.05, 3.63) is 84.2 Å². The van der Waals surface area contributed by atoms with E-state index in [0.29, 0.717) is 30.1 Å². The van der Waals surface area contributed by atoms with E-state index in [-0.39, 0.29) is 17.1 Å². The van der Waals surface area contributed by atoms with Crippen LogP contribution in [0.25, 0.3) is 5.57 Å². The molecule has 1 unspecified atom stereocenters. The van der Waals surface area contributed by atoms with Crippen LogP contribution in [0, 0.1) is 29.1 Å². The third-order valence-electron chi connectivity index (χ3n) is 10.5. The average molecular weight is 468 g/mol. The SMILES string of the molecule is C=CC[C@]1(O)CC[C@H]2[C@@H]3CCC4=C(c5cccnc5)C(=O)C(c5ccccc5)C[C@@H]4[C@H]3CC[C@@]21C. The summed E-state index contributed by atoms with van der Waals surface area (Å²) >= 11 is 0. The highest BCUT2D eigenvalue weighted by atomic mass is 16.3. The van der Waals surface area contributed by atoms with E-state index in [1.165, 1.54) is 5.57 Å². The molecule has 3 fully saturated rings. The van der Waals surface area contributed by atoms with Crippen molar-refractivity contribution in [3.63, 3.8) is 0 Å². The minimum Gasteiger partial charge on any atom is -0.389 e. The van der Waals surface area contributed by atoms with Gasteiger partial charge in [-0.2, -0.15) is 0 Å². The molecule has 1 aromatic heterocycles. The zero-order chi connectivity index (χ0) is 24.2. The molecule has 2 aromatic rings. The lowest BCUT2D eigenvalue weighted by atomic mass is 9.49. The summed E-state index contributed by atoms with van der Waals surface area (Å²) < 4.78 is 0. The molecule has 3 saturated carbocycles. The number of aliphatic hydroxyl groups is 1. The maximum atomic E-state index is 14.0. The number of hydrogen-bond donors (Lipinski definition) is 1. The predicted molar refractivity (Wildman–Crippen MR) is 139 cm³/mol. The smallest absolute Gasteiger partial charge is 0.170 e. The molecular weight excluding hydrogens is 430 g/mol. The van der Waals surface area contributed by atoms with Crippen molar-refractivity contribution in [1.82, 2.24) is 4.98 Å². The Morgan fingerprint density at radius 1 is 1.09 bits per heavy atom. The van der Waals surface area contributed by atoms with Gasteiger partial charge in [0.15, 0.2) is 5.78 Å². The van der Waals surface area contributed by atoms with Gasteiger partial charge in [0.25, 0.3) is 0 Å². The number of allylic oxidation sites excluding steroid dienone is 1. The summed E-state index contributed by atoms with van der Waals surface area (Å²) in [4.78, 5) is 18.4. The molecular formula is C32H37NO2. The number of benzene rings is 1. The van der Waals surface area contributed by atoms with Crippen LogP contribution in [0.1, 0.15) is 75.3 Å². The van der Waals surface area contributed by atoms with Gasteiger partial charge in [0.05, 0.1) is 5.60 Å². The lowest BCUT2D eigenvalue weighted by molar-refractivity contribution is -0.120. The molecule has 3 heteroatoms. The molecule has 6 rings (SSSR count). The average Bonchev–Trinajstić information content (AvgIpc) is 3.15. The number of nitrogens with zero attached hydrogens (tertiary/aromatic N) is 1. The van der Waals surface area contributed by atoms with Crippen LogP contribution in [0.5, 0.6) is 0 Å². The van der Waals surface area contributed by atoms with Crippen LogP contribution in [-0.4, -0.2) is 21.5 Å². The highest BCUT2D eigenvalue weighted by molar-refractivity contribution is 6.25. The van der Waals surface area contributed by atoms with Crippen molar-refractivity contribution in [2.24, 2.45) is 29.1 Å². The van der Waals surface area contributed by atoms with Gasteiger partial charge in [-0.1, -0.05) is 55.0 Å². The fraction of sp³-hybridized carbons (Fsp3) is 0.500. The fourth-order valence-electron chi connectivity index (χ4n) is 8.81. The molecule has 0 spiro atoms. The molecule has 0 radical (unpaired) electrons. The number of carbonyl (C=O) groups excluding carboxylic acids is 1. The number of Topliss-reactive ketones (excluding diaryl/α,β-unsaturated/α-hetero) is 1. The molecule has 0 amide bonds. The normalized spacial score (nSPS) is 38.5. The summed E-state index contributed by atoms with van der Waals surface area (Å²) in [5.41, 5.74) is 3.82. The second-order valence-corrected chi connectivity index (χ2v) is 11.8. The van der Waals surface area contributed by atoms with Crippen LogP contribution < -0.4 is 0 Å². The van der Waals surface area contributed by atoms with Crippen LogP contribution >= 0.6 is 0 Å². The monoisotopic (exact) mass is 467 g/mol. The third-order valence-corrected chi connectivity index (χ3v) is 10.5. The molecule has 1 N–H and O–H groups in total. The van der Waals surface area contributed by atoms with Crippen molar-refractivity contribution in [2.45, 2.75) is 69.8 Å². The molecule has 0 aliphatic heterocycles. The van der Waals surface area contributed by atoms with E-state index in [0.717, 1.165) is 61.6 Å². The van der Waals surface area contributed by atoms with Crippen molar-refractivity contribution in [1.29, 1.82) is 0 Å². The van der Waals surface area contributed by atoms with Gasteiger partial charge in [0, 0.05) is 29.4 Å². The van der Waals surface area contributed by atoms with Crippen LogP contribution in [0.4, 0.5) is 0 Å². The minimum atomic E-state index is -0.615. The fourth-order valence-corrected chi connectivity index (χ4v) is 8.81. The maximum absolute atomic E-state index is 14.0. The number of hydrogen-bond acceptors (Lipinski definition) is 3. The Balaban J connectivity index is 1.41. The van der Waals surface area contributed by atoms with E-state index in [9.17, 15) is 9.90 Å². The maximum Gasteiger partial charge on any atom is 0.170 e. The second kappa shape index (κ2) is 8.55. The Bertz CT molecular complexity index is 1150. The lowest BCUT2D eigenvalue weighted by Crippen LogP contribution is -2.52. The van der Waals surface area contributed by atoms with Crippen molar-refractivity contribution < 1.29 is 9.90 Å². The molecule has 1 heterocycles. The summed E-state index contributed by atoms with van der Waals surface area (Å²) in [5.74, 6) is 2.39. The van der Waals surface area contributed by atoms with Crippen LogP contribution in [0.2, 0.25) is 0 Å². The molecule has 0 bridgehead atoms. The first kappa shape index (κ1) is 22.9.